The van der Waals surface area contributed by atoms with Crippen LogP contribution in [0.15, 0.2) is 23.3 Å². The average Bonchev–Trinajstić information content (AvgIpc) is 3.12. The number of ether oxygens (including phenoxy) is 2. The second-order valence-electron chi connectivity index (χ2n) is 12.3. The first-order valence-corrected chi connectivity index (χ1v) is 14.6. The molecule has 7 atom stereocenters. The van der Waals surface area contributed by atoms with Crippen molar-refractivity contribution in [3.63, 3.8) is 0 Å². The maximum atomic E-state index is 12.6. The van der Waals surface area contributed by atoms with Crippen LogP contribution in [0.25, 0.3) is 0 Å². The van der Waals surface area contributed by atoms with Crippen LogP contribution in [0.5, 0.6) is 0 Å². The average molecular weight is 485 g/mol. The fourth-order valence-electron chi connectivity index (χ4n) is 8.12. The predicted molar refractivity (Wildman–Crippen MR) is 140 cm³/mol. The molecule has 35 heavy (non-hydrogen) atoms. The molecule has 4 heteroatoms. The molecule has 4 nitrogen and oxygen atoms in total. The zero-order valence-electron chi connectivity index (χ0n) is 22.7. The molecule has 0 N–H and O–H groups in total. The lowest BCUT2D eigenvalue weighted by molar-refractivity contribution is -0.116. The molecule has 0 bridgehead atoms. The first kappa shape index (κ1) is 26.5. The van der Waals surface area contributed by atoms with E-state index < -0.39 is 6.16 Å². The third-order valence-electron chi connectivity index (χ3n) is 9.71. The van der Waals surface area contributed by atoms with E-state index in [4.69, 9.17) is 9.47 Å². The second-order valence-corrected chi connectivity index (χ2v) is 12.3. The Hall–Kier alpha value is -1.58. The van der Waals surface area contributed by atoms with Gasteiger partial charge in [-0.15, -0.1) is 0 Å². The van der Waals surface area contributed by atoms with Gasteiger partial charge in [0.2, 0.25) is 0 Å². The van der Waals surface area contributed by atoms with Crippen LogP contribution >= 0.6 is 0 Å². The van der Waals surface area contributed by atoms with Crippen molar-refractivity contribution in [1.29, 1.82) is 0 Å². The van der Waals surface area contributed by atoms with Gasteiger partial charge in [0, 0.05) is 18.3 Å². The summed E-state index contributed by atoms with van der Waals surface area (Å²) in [4.78, 5) is 24.6. The number of carbonyl (C=O) groups excluding carboxylic acids is 2. The van der Waals surface area contributed by atoms with Crippen molar-refractivity contribution in [2.24, 2.45) is 35.0 Å². The van der Waals surface area contributed by atoms with Crippen molar-refractivity contribution >= 4 is 11.9 Å². The molecule has 4 aliphatic rings. The molecule has 0 aliphatic heterocycles. The van der Waals surface area contributed by atoms with E-state index in [9.17, 15) is 9.59 Å². The Kier molecular flexibility index (Phi) is 8.81. The SMILES string of the molecule is CCCCCCCCCCOC(=O)O[C@H]1CC=C2[C@H]3[C@H]([C@@H](C)C[C@@]21C)[C@H]1CCC(=O)C=C1C[C@H]3C. The van der Waals surface area contributed by atoms with Crippen LogP contribution in [0.2, 0.25) is 0 Å². The summed E-state index contributed by atoms with van der Waals surface area (Å²) in [5.41, 5.74) is 2.82. The highest BCUT2D eigenvalue weighted by Crippen LogP contribution is 2.63. The van der Waals surface area contributed by atoms with Gasteiger partial charge in [0.05, 0.1) is 6.61 Å². The van der Waals surface area contributed by atoms with Crippen molar-refractivity contribution in [3.8, 4) is 0 Å². The summed E-state index contributed by atoms with van der Waals surface area (Å²) in [5, 5.41) is 0. The van der Waals surface area contributed by atoms with Gasteiger partial charge in [-0.05, 0) is 61.3 Å². The Bertz CT molecular complexity index is 826. The standard InChI is InChI=1S/C31H48O4/c1-5-6-7-8-9-10-11-12-17-34-30(33)35-27-16-15-26-29-21(2)18-23-19-24(32)13-14-25(23)28(29)22(3)20-31(26,27)4/h15,19,21-22,25,27-29H,5-14,16-18,20H2,1-4H3/t21-,22+,25+,27+,28-,29+,31+/m1/s1. The van der Waals surface area contributed by atoms with Crippen LogP contribution in [0.1, 0.15) is 111 Å². The van der Waals surface area contributed by atoms with Crippen LogP contribution < -0.4 is 0 Å². The first-order valence-electron chi connectivity index (χ1n) is 14.6. The Morgan fingerprint density at radius 2 is 1.77 bits per heavy atom. The van der Waals surface area contributed by atoms with Crippen LogP contribution in [0.4, 0.5) is 4.79 Å². The van der Waals surface area contributed by atoms with Crippen LogP contribution in [0.3, 0.4) is 0 Å². The van der Waals surface area contributed by atoms with E-state index >= 15 is 0 Å². The molecule has 4 aliphatic carbocycles. The molecule has 2 saturated carbocycles. The highest BCUT2D eigenvalue weighted by atomic mass is 16.7. The maximum absolute atomic E-state index is 12.6. The van der Waals surface area contributed by atoms with Crippen molar-refractivity contribution in [1.82, 2.24) is 0 Å². The summed E-state index contributed by atoms with van der Waals surface area (Å²) in [6.07, 6.45) is 18.2. The molecule has 0 aromatic rings. The fourth-order valence-corrected chi connectivity index (χ4v) is 8.12. The monoisotopic (exact) mass is 484 g/mol. The molecule has 0 aromatic carbocycles. The van der Waals surface area contributed by atoms with Crippen molar-refractivity contribution in [3.05, 3.63) is 23.3 Å². The molecular formula is C31H48O4. The quantitative estimate of drug-likeness (QED) is 0.178. The summed E-state index contributed by atoms with van der Waals surface area (Å²) in [6.45, 7) is 9.78. The van der Waals surface area contributed by atoms with E-state index in [1.807, 2.05) is 6.08 Å². The van der Waals surface area contributed by atoms with Gasteiger partial charge in [-0.3, -0.25) is 4.79 Å². The zero-order valence-corrected chi connectivity index (χ0v) is 22.7. The van der Waals surface area contributed by atoms with Gasteiger partial charge in [-0.1, -0.05) is 89.9 Å². The van der Waals surface area contributed by atoms with Gasteiger partial charge in [0.1, 0.15) is 6.10 Å². The molecule has 2 fully saturated rings. The van der Waals surface area contributed by atoms with E-state index in [0.29, 0.717) is 48.4 Å². The summed E-state index contributed by atoms with van der Waals surface area (Å²) in [5.74, 6) is 3.06. The molecule has 196 valence electrons. The number of hydrogen-bond donors (Lipinski definition) is 0. The number of fused-ring (bicyclic) bond motifs is 5. The zero-order chi connectivity index (χ0) is 25.0. The van der Waals surface area contributed by atoms with Crippen molar-refractivity contribution in [2.75, 3.05) is 6.61 Å². The van der Waals surface area contributed by atoms with Crippen LogP contribution in [0, 0.1) is 35.0 Å². The van der Waals surface area contributed by atoms with Crippen LogP contribution in [-0.2, 0) is 14.3 Å². The third-order valence-corrected chi connectivity index (χ3v) is 9.71. The Balaban J connectivity index is 1.29. The Labute approximate surface area is 213 Å². The number of hydrogen-bond acceptors (Lipinski definition) is 4. The van der Waals surface area contributed by atoms with Gasteiger partial charge < -0.3 is 9.47 Å². The normalized spacial score (nSPS) is 35.9. The summed E-state index contributed by atoms with van der Waals surface area (Å²) < 4.78 is 11.5. The van der Waals surface area contributed by atoms with Gasteiger partial charge in [-0.2, -0.15) is 0 Å². The minimum atomic E-state index is -0.490. The van der Waals surface area contributed by atoms with E-state index in [0.717, 1.165) is 38.5 Å². The number of unbranched alkanes of at least 4 members (excludes halogenated alkanes) is 7. The number of allylic oxidation sites excluding steroid dienone is 2. The topological polar surface area (TPSA) is 52.6 Å². The smallest absolute Gasteiger partial charge is 0.434 e. The number of carbonyl (C=O) groups is 2. The molecule has 0 saturated heterocycles. The summed E-state index contributed by atoms with van der Waals surface area (Å²) >= 11 is 0. The first-order chi connectivity index (χ1) is 16.8. The van der Waals surface area contributed by atoms with Crippen molar-refractivity contribution in [2.45, 2.75) is 117 Å². The van der Waals surface area contributed by atoms with Gasteiger partial charge in [0.25, 0.3) is 0 Å². The lowest BCUT2D eigenvalue weighted by Gasteiger charge is -2.56. The van der Waals surface area contributed by atoms with Gasteiger partial charge in [-0.25, -0.2) is 4.79 Å². The fraction of sp³-hybridized carbons (Fsp3) is 0.806. The lowest BCUT2D eigenvalue weighted by atomic mass is 9.49. The molecule has 0 unspecified atom stereocenters. The number of rotatable bonds is 10. The largest absolute Gasteiger partial charge is 0.508 e. The van der Waals surface area contributed by atoms with Crippen LogP contribution in [-0.4, -0.2) is 24.6 Å². The van der Waals surface area contributed by atoms with Gasteiger partial charge >= 0.3 is 6.16 Å². The van der Waals surface area contributed by atoms with E-state index in [-0.39, 0.29) is 11.5 Å². The number of ketones is 1. The van der Waals surface area contributed by atoms with Crippen molar-refractivity contribution < 1.29 is 19.1 Å². The molecule has 0 amide bonds. The molecule has 0 spiro atoms. The van der Waals surface area contributed by atoms with E-state index in [2.05, 4.69) is 33.8 Å². The Morgan fingerprint density at radius 1 is 1.06 bits per heavy atom. The summed E-state index contributed by atoms with van der Waals surface area (Å²) in [6, 6.07) is 0. The molecule has 4 rings (SSSR count). The molecule has 0 radical (unpaired) electrons. The second kappa shape index (κ2) is 11.6. The minimum absolute atomic E-state index is 0.0992. The van der Waals surface area contributed by atoms with E-state index in [1.165, 1.54) is 49.7 Å². The minimum Gasteiger partial charge on any atom is -0.434 e. The van der Waals surface area contributed by atoms with Gasteiger partial charge in [0.15, 0.2) is 5.78 Å². The predicted octanol–water partition coefficient (Wildman–Crippen LogP) is 8.20. The Morgan fingerprint density at radius 3 is 2.51 bits per heavy atom. The lowest BCUT2D eigenvalue weighted by Crippen LogP contribution is -2.51. The third kappa shape index (κ3) is 5.72. The maximum Gasteiger partial charge on any atom is 0.508 e. The highest BCUT2D eigenvalue weighted by Gasteiger charge is 2.57. The van der Waals surface area contributed by atoms with E-state index in [1.54, 1.807) is 0 Å². The molecular weight excluding hydrogens is 436 g/mol. The molecule has 0 aromatic heterocycles. The molecule has 0 heterocycles. The highest BCUT2D eigenvalue weighted by molar-refractivity contribution is 5.91. The summed E-state index contributed by atoms with van der Waals surface area (Å²) in [7, 11) is 0.